The van der Waals surface area contributed by atoms with Crippen LogP contribution in [0.3, 0.4) is 0 Å². The summed E-state index contributed by atoms with van der Waals surface area (Å²) in [6.07, 6.45) is -2.94. The first-order valence-electron chi connectivity index (χ1n) is 9.34. The normalized spacial score (nSPS) is 11.8. The van der Waals surface area contributed by atoms with Crippen LogP contribution in [0.2, 0.25) is 0 Å². The van der Waals surface area contributed by atoms with Gasteiger partial charge in [0.2, 0.25) is 0 Å². The number of hydrogen-bond acceptors (Lipinski definition) is 2. The molecule has 30 heavy (non-hydrogen) atoms. The highest BCUT2D eigenvalue weighted by molar-refractivity contribution is 6.05. The Morgan fingerprint density at radius 2 is 1.83 bits per heavy atom. The maximum Gasteiger partial charge on any atom is 0.416 e. The number of carbonyl (C=O) groups is 1. The standard InChI is InChI=1S/C23H19F3N2O2/c1-14-6-7-18(10-15(14)2)27-22(29)20-12-21-19(8-9-30-21)28(20)13-16-4-3-5-17(11-16)23(24,25)26/h3-12H,13H2,1-2H3,(H,27,29). The summed E-state index contributed by atoms with van der Waals surface area (Å²) in [5.74, 6) is -0.364. The Hall–Kier alpha value is -3.48. The number of anilines is 1. The van der Waals surface area contributed by atoms with E-state index in [9.17, 15) is 18.0 Å². The first-order valence-corrected chi connectivity index (χ1v) is 9.34. The lowest BCUT2D eigenvalue weighted by atomic mass is 10.1. The predicted octanol–water partition coefficient (Wildman–Crippen LogP) is 6.17. The molecule has 0 unspecified atom stereocenters. The molecule has 0 aliphatic rings. The highest BCUT2D eigenvalue weighted by atomic mass is 19.4. The third-order valence-corrected chi connectivity index (χ3v) is 5.12. The average molecular weight is 412 g/mol. The van der Waals surface area contributed by atoms with Crippen molar-refractivity contribution in [3.05, 3.63) is 88.8 Å². The van der Waals surface area contributed by atoms with Gasteiger partial charge in [0.05, 0.1) is 17.3 Å². The number of rotatable bonds is 4. The van der Waals surface area contributed by atoms with Crippen LogP contribution in [0.1, 0.15) is 32.7 Å². The van der Waals surface area contributed by atoms with Crippen LogP contribution in [-0.2, 0) is 12.7 Å². The second-order valence-electron chi connectivity index (χ2n) is 7.24. The van der Waals surface area contributed by atoms with E-state index in [4.69, 9.17) is 4.42 Å². The van der Waals surface area contributed by atoms with Crippen molar-refractivity contribution in [3.8, 4) is 0 Å². The zero-order valence-corrected chi connectivity index (χ0v) is 16.4. The van der Waals surface area contributed by atoms with Crippen LogP contribution in [-0.4, -0.2) is 10.5 Å². The molecule has 0 saturated carbocycles. The lowest BCUT2D eigenvalue weighted by Crippen LogP contribution is -2.18. The topological polar surface area (TPSA) is 47.2 Å². The Morgan fingerprint density at radius 3 is 2.57 bits per heavy atom. The van der Waals surface area contributed by atoms with Crippen LogP contribution < -0.4 is 5.32 Å². The lowest BCUT2D eigenvalue weighted by Gasteiger charge is -2.13. The van der Waals surface area contributed by atoms with Gasteiger partial charge >= 0.3 is 6.18 Å². The average Bonchev–Trinajstić information content (AvgIpc) is 3.27. The summed E-state index contributed by atoms with van der Waals surface area (Å²) in [5, 5.41) is 2.86. The van der Waals surface area contributed by atoms with Gasteiger partial charge in [-0.25, -0.2) is 0 Å². The van der Waals surface area contributed by atoms with Crippen LogP contribution in [0.25, 0.3) is 11.1 Å². The summed E-state index contributed by atoms with van der Waals surface area (Å²) in [6, 6.07) is 14.0. The van der Waals surface area contributed by atoms with Gasteiger partial charge in [0.1, 0.15) is 5.69 Å². The Balaban J connectivity index is 1.68. The zero-order chi connectivity index (χ0) is 21.5. The van der Waals surface area contributed by atoms with Gasteiger partial charge in [0.25, 0.3) is 5.91 Å². The Morgan fingerprint density at radius 1 is 1.03 bits per heavy atom. The number of nitrogens with zero attached hydrogens (tertiary/aromatic N) is 1. The van der Waals surface area contributed by atoms with Gasteiger partial charge in [0, 0.05) is 24.4 Å². The van der Waals surface area contributed by atoms with Crippen LogP contribution in [0.5, 0.6) is 0 Å². The molecule has 0 saturated heterocycles. The fraction of sp³-hybridized carbons (Fsp3) is 0.174. The molecular weight excluding hydrogens is 393 g/mol. The first-order chi connectivity index (χ1) is 14.2. The molecule has 0 aliphatic carbocycles. The van der Waals surface area contributed by atoms with Crippen LogP contribution in [0.4, 0.5) is 18.9 Å². The number of furan rings is 1. The summed E-state index contributed by atoms with van der Waals surface area (Å²) in [6.45, 7) is 4.03. The lowest BCUT2D eigenvalue weighted by molar-refractivity contribution is -0.137. The van der Waals surface area contributed by atoms with E-state index in [0.717, 1.165) is 23.3 Å². The molecule has 0 atom stereocenters. The number of benzene rings is 2. The molecule has 4 nitrogen and oxygen atoms in total. The van der Waals surface area contributed by atoms with E-state index >= 15 is 0 Å². The molecule has 2 aromatic carbocycles. The molecule has 4 aromatic rings. The van der Waals surface area contributed by atoms with Crippen LogP contribution in [0, 0.1) is 13.8 Å². The molecule has 2 aromatic heterocycles. The van der Waals surface area contributed by atoms with E-state index in [0.29, 0.717) is 28.0 Å². The molecule has 154 valence electrons. The molecule has 0 bridgehead atoms. The van der Waals surface area contributed by atoms with E-state index in [1.54, 1.807) is 22.8 Å². The summed E-state index contributed by atoms with van der Waals surface area (Å²) in [5.41, 5.74) is 3.94. The summed E-state index contributed by atoms with van der Waals surface area (Å²) >= 11 is 0. The third kappa shape index (κ3) is 3.83. The fourth-order valence-electron chi connectivity index (χ4n) is 3.38. The van der Waals surface area contributed by atoms with E-state index < -0.39 is 11.7 Å². The number of halogens is 3. The van der Waals surface area contributed by atoms with Crippen molar-refractivity contribution < 1.29 is 22.4 Å². The maximum atomic E-state index is 13.1. The second kappa shape index (κ2) is 7.40. The van der Waals surface area contributed by atoms with Gasteiger partial charge in [-0.15, -0.1) is 0 Å². The predicted molar refractivity (Wildman–Crippen MR) is 109 cm³/mol. The molecule has 2 heterocycles. The Kier molecular flexibility index (Phi) is 4.89. The smallest absolute Gasteiger partial charge is 0.416 e. The van der Waals surface area contributed by atoms with Crippen molar-refractivity contribution in [2.24, 2.45) is 0 Å². The molecule has 0 radical (unpaired) electrons. The molecular formula is C23H19F3N2O2. The van der Waals surface area contributed by atoms with E-state index in [1.165, 1.54) is 12.3 Å². The first kappa shape index (κ1) is 19.8. The number of nitrogens with one attached hydrogen (secondary N) is 1. The van der Waals surface area contributed by atoms with E-state index in [1.807, 2.05) is 32.0 Å². The summed E-state index contributed by atoms with van der Waals surface area (Å²) in [7, 11) is 0. The minimum Gasteiger partial charge on any atom is -0.463 e. The number of carbonyl (C=O) groups excluding carboxylic acids is 1. The zero-order valence-electron chi connectivity index (χ0n) is 16.4. The molecule has 4 rings (SSSR count). The summed E-state index contributed by atoms with van der Waals surface area (Å²) in [4.78, 5) is 13.0. The fourth-order valence-corrected chi connectivity index (χ4v) is 3.38. The Bertz CT molecular complexity index is 1230. The maximum absolute atomic E-state index is 13.1. The largest absolute Gasteiger partial charge is 0.463 e. The van der Waals surface area contributed by atoms with Gasteiger partial charge in [-0.3, -0.25) is 4.79 Å². The van der Waals surface area contributed by atoms with Crippen molar-refractivity contribution in [2.75, 3.05) is 5.32 Å². The number of aryl methyl sites for hydroxylation is 2. The van der Waals surface area contributed by atoms with Crippen molar-refractivity contribution >= 4 is 22.7 Å². The molecule has 0 spiro atoms. The van der Waals surface area contributed by atoms with Crippen molar-refractivity contribution in [1.82, 2.24) is 4.57 Å². The molecule has 1 amide bonds. The number of amides is 1. The molecule has 7 heteroatoms. The van der Waals surface area contributed by atoms with Gasteiger partial charge in [-0.1, -0.05) is 18.2 Å². The highest BCUT2D eigenvalue weighted by Gasteiger charge is 2.30. The van der Waals surface area contributed by atoms with Crippen LogP contribution >= 0.6 is 0 Å². The number of hydrogen-bond donors (Lipinski definition) is 1. The van der Waals surface area contributed by atoms with Crippen molar-refractivity contribution in [3.63, 3.8) is 0 Å². The van der Waals surface area contributed by atoms with Gasteiger partial charge in [-0.2, -0.15) is 13.2 Å². The quantitative estimate of drug-likeness (QED) is 0.436. The molecule has 0 fully saturated rings. The van der Waals surface area contributed by atoms with Gasteiger partial charge in [0.15, 0.2) is 5.58 Å². The van der Waals surface area contributed by atoms with Gasteiger partial charge in [-0.05, 0) is 54.8 Å². The van der Waals surface area contributed by atoms with Gasteiger partial charge < -0.3 is 14.3 Å². The minimum atomic E-state index is -4.43. The van der Waals surface area contributed by atoms with E-state index in [-0.39, 0.29) is 12.5 Å². The monoisotopic (exact) mass is 412 g/mol. The number of alkyl halides is 3. The third-order valence-electron chi connectivity index (χ3n) is 5.12. The highest BCUT2D eigenvalue weighted by Crippen LogP contribution is 2.30. The van der Waals surface area contributed by atoms with Crippen molar-refractivity contribution in [1.29, 1.82) is 0 Å². The van der Waals surface area contributed by atoms with E-state index in [2.05, 4.69) is 5.32 Å². The molecule has 1 N–H and O–H groups in total. The molecule has 0 aliphatic heterocycles. The SMILES string of the molecule is Cc1ccc(NC(=O)c2cc3occc3n2Cc2cccc(C(F)(F)F)c2)cc1C. The number of fused-ring (bicyclic) bond motifs is 1. The van der Waals surface area contributed by atoms with Crippen LogP contribution in [0.15, 0.2) is 65.3 Å². The summed E-state index contributed by atoms with van der Waals surface area (Å²) < 4.78 is 46.3. The Labute approximate surface area is 170 Å². The number of aromatic nitrogens is 1. The van der Waals surface area contributed by atoms with Crippen molar-refractivity contribution in [2.45, 2.75) is 26.6 Å². The second-order valence-corrected chi connectivity index (χ2v) is 7.24. The minimum absolute atomic E-state index is 0.0998.